The van der Waals surface area contributed by atoms with Gasteiger partial charge in [-0.3, -0.25) is 19.0 Å². The van der Waals surface area contributed by atoms with Crippen molar-refractivity contribution in [2.24, 2.45) is 14.1 Å². The maximum atomic E-state index is 6.35. The highest BCUT2D eigenvalue weighted by atomic mass is 16.5. The van der Waals surface area contributed by atoms with E-state index < -0.39 is 0 Å². The molecule has 0 unspecified atom stereocenters. The van der Waals surface area contributed by atoms with Crippen LogP contribution in [-0.4, -0.2) is 58.5 Å². The first kappa shape index (κ1) is 25.2. The van der Waals surface area contributed by atoms with Gasteiger partial charge in [-0.25, -0.2) is 9.67 Å². The molecule has 0 saturated heterocycles. The van der Waals surface area contributed by atoms with Crippen LogP contribution >= 0.6 is 0 Å². The minimum atomic E-state index is -0.0514. The summed E-state index contributed by atoms with van der Waals surface area (Å²) in [4.78, 5) is 11.2. The van der Waals surface area contributed by atoms with E-state index in [1.165, 1.54) is 11.3 Å². The Balaban J connectivity index is 0.00000158. The topological polar surface area (TPSA) is 78.3 Å². The summed E-state index contributed by atoms with van der Waals surface area (Å²) in [5, 5.41) is 8.93. The van der Waals surface area contributed by atoms with Crippen LogP contribution in [0.4, 0.5) is 0 Å². The van der Waals surface area contributed by atoms with Gasteiger partial charge in [0.15, 0.2) is 0 Å². The second-order valence-corrected chi connectivity index (χ2v) is 8.28. The van der Waals surface area contributed by atoms with Crippen LogP contribution in [0.5, 0.6) is 5.88 Å². The van der Waals surface area contributed by atoms with Gasteiger partial charge in [-0.2, -0.15) is 10.2 Å². The molecule has 0 bridgehead atoms. The molecule has 34 heavy (non-hydrogen) atoms. The van der Waals surface area contributed by atoms with Gasteiger partial charge in [0, 0.05) is 33.4 Å². The maximum Gasteiger partial charge on any atom is 0.221 e. The standard InChI is InChI=1S/C23H30N8O.C2H6/c1-8-22-25-10-18-9-24-20(13-31(18)22)19-11-26-30(7)23(19)32-15(2)12-28(5)14-21-16(3)17(4)27-29(21)6;1-2/h8-11,13,15H,1,12,14H2,2-7H3;1-2H3/t15-;/m0./s1. The number of ether oxygens (including phenoxy) is 1. The van der Waals surface area contributed by atoms with Gasteiger partial charge in [0.1, 0.15) is 11.9 Å². The highest BCUT2D eigenvalue weighted by Gasteiger charge is 2.19. The van der Waals surface area contributed by atoms with Crippen LogP contribution in [0.2, 0.25) is 0 Å². The van der Waals surface area contributed by atoms with Gasteiger partial charge in [-0.1, -0.05) is 20.4 Å². The molecule has 182 valence electrons. The molecule has 0 aromatic carbocycles. The van der Waals surface area contributed by atoms with Gasteiger partial charge in [-0.05, 0) is 39.5 Å². The number of likely N-dealkylation sites (N-methyl/N-ethyl adjacent to an activating group) is 1. The third-order valence-electron chi connectivity index (χ3n) is 5.75. The van der Waals surface area contributed by atoms with Crippen molar-refractivity contribution in [2.75, 3.05) is 13.6 Å². The van der Waals surface area contributed by atoms with Crippen LogP contribution in [0.3, 0.4) is 0 Å². The van der Waals surface area contributed by atoms with E-state index in [1.54, 1.807) is 29.3 Å². The summed E-state index contributed by atoms with van der Waals surface area (Å²) in [6.07, 6.45) is 8.96. The summed E-state index contributed by atoms with van der Waals surface area (Å²) in [6.45, 7) is 15.6. The van der Waals surface area contributed by atoms with Gasteiger partial charge in [0.25, 0.3) is 0 Å². The first-order chi connectivity index (χ1) is 16.3. The van der Waals surface area contributed by atoms with Gasteiger partial charge in [0.05, 0.1) is 46.8 Å². The zero-order chi connectivity index (χ0) is 25.0. The third-order valence-corrected chi connectivity index (χ3v) is 5.75. The molecule has 9 nitrogen and oxygen atoms in total. The second kappa shape index (κ2) is 10.6. The first-order valence-electron chi connectivity index (χ1n) is 11.6. The summed E-state index contributed by atoms with van der Waals surface area (Å²) in [6, 6.07) is 0. The largest absolute Gasteiger partial charge is 0.473 e. The number of hydrogen-bond acceptors (Lipinski definition) is 6. The summed E-state index contributed by atoms with van der Waals surface area (Å²) in [7, 11) is 5.96. The van der Waals surface area contributed by atoms with Crippen LogP contribution in [0.1, 0.15) is 43.5 Å². The number of aryl methyl sites for hydroxylation is 3. The SMILES string of the molecule is C=Cc1ncc2cnc(-c3cnn(C)c3O[C@@H](C)CN(C)Cc3c(C)c(C)nn3C)cn12.CC. The Morgan fingerprint density at radius 3 is 2.47 bits per heavy atom. The Bertz CT molecular complexity index is 1270. The van der Waals surface area contributed by atoms with Crippen molar-refractivity contribution in [2.45, 2.75) is 47.3 Å². The lowest BCUT2D eigenvalue weighted by atomic mass is 10.2. The Kier molecular flexibility index (Phi) is 7.88. The zero-order valence-electron chi connectivity index (χ0n) is 21.6. The number of nitrogens with zero attached hydrogens (tertiary/aromatic N) is 8. The van der Waals surface area contributed by atoms with E-state index in [2.05, 4.69) is 52.5 Å². The molecule has 0 saturated carbocycles. The number of imidazole rings is 1. The highest BCUT2D eigenvalue weighted by Crippen LogP contribution is 2.29. The molecule has 0 radical (unpaired) electrons. The average Bonchev–Trinajstić information content (AvgIpc) is 3.46. The van der Waals surface area contributed by atoms with Crippen molar-refractivity contribution in [3.05, 3.63) is 54.1 Å². The highest BCUT2D eigenvalue weighted by molar-refractivity contribution is 5.66. The van der Waals surface area contributed by atoms with E-state index in [0.29, 0.717) is 5.88 Å². The molecule has 4 heterocycles. The Morgan fingerprint density at radius 2 is 1.82 bits per heavy atom. The normalized spacial score (nSPS) is 12.0. The van der Waals surface area contributed by atoms with Gasteiger partial charge >= 0.3 is 0 Å². The van der Waals surface area contributed by atoms with Gasteiger partial charge in [0.2, 0.25) is 5.88 Å². The van der Waals surface area contributed by atoms with Gasteiger partial charge in [-0.15, -0.1) is 0 Å². The van der Waals surface area contributed by atoms with Gasteiger partial charge < -0.3 is 4.74 Å². The minimum absolute atomic E-state index is 0.0514. The molecule has 1 atom stereocenters. The molecule has 0 N–H and O–H groups in total. The molecule has 4 aromatic rings. The fourth-order valence-electron chi connectivity index (χ4n) is 3.97. The van der Waals surface area contributed by atoms with Crippen molar-refractivity contribution in [1.29, 1.82) is 0 Å². The molecule has 9 heteroatoms. The summed E-state index contributed by atoms with van der Waals surface area (Å²) >= 11 is 0. The molecule has 4 aromatic heterocycles. The number of hydrogen-bond donors (Lipinski definition) is 0. The molecule has 0 aliphatic heterocycles. The summed E-state index contributed by atoms with van der Waals surface area (Å²) in [5.41, 5.74) is 6.04. The minimum Gasteiger partial charge on any atom is -0.473 e. The maximum absolute atomic E-state index is 6.35. The molecule has 0 fully saturated rings. The second-order valence-electron chi connectivity index (χ2n) is 8.28. The predicted octanol–water partition coefficient (Wildman–Crippen LogP) is 4.05. The van der Waals surface area contributed by atoms with E-state index in [9.17, 15) is 0 Å². The number of fused-ring (bicyclic) bond motifs is 1. The lowest BCUT2D eigenvalue weighted by molar-refractivity contribution is 0.147. The Hall–Kier alpha value is -3.46. The lowest BCUT2D eigenvalue weighted by Crippen LogP contribution is -2.32. The third kappa shape index (κ3) is 5.04. The van der Waals surface area contributed by atoms with Crippen LogP contribution < -0.4 is 4.74 Å². The fourth-order valence-corrected chi connectivity index (χ4v) is 3.97. The molecular formula is C25H36N8O. The molecule has 0 aliphatic rings. The molecule has 0 aliphatic carbocycles. The van der Waals surface area contributed by atoms with E-state index >= 15 is 0 Å². The van der Waals surface area contributed by atoms with Crippen molar-refractivity contribution < 1.29 is 4.74 Å². The van der Waals surface area contributed by atoms with Crippen molar-refractivity contribution >= 4 is 11.6 Å². The molecule has 0 amide bonds. The Labute approximate surface area is 201 Å². The number of rotatable bonds is 8. The molecular weight excluding hydrogens is 428 g/mol. The molecule has 4 rings (SSSR count). The Morgan fingerprint density at radius 1 is 1.12 bits per heavy atom. The van der Waals surface area contributed by atoms with E-state index in [0.717, 1.165) is 41.4 Å². The smallest absolute Gasteiger partial charge is 0.221 e. The lowest BCUT2D eigenvalue weighted by Gasteiger charge is -2.23. The average molecular weight is 465 g/mol. The monoisotopic (exact) mass is 464 g/mol. The van der Waals surface area contributed by atoms with E-state index in [1.807, 2.05) is 50.1 Å². The summed E-state index contributed by atoms with van der Waals surface area (Å²) < 4.78 is 12.0. The number of aromatic nitrogens is 7. The van der Waals surface area contributed by atoms with E-state index in [-0.39, 0.29) is 6.10 Å². The predicted molar refractivity (Wildman–Crippen MR) is 136 cm³/mol. The van der Waals surface area contributed by atoms with Crippen molar-refractivity contribution in [3.63, 3.8) is 0 Å². The van der Waals surface area contributed by atoms with Crippen LogP contribution in [0.15, 0.2) is 31.4 Å². The van der Waals surface area contributed by atoms with Crippen LogP contribution in [0, 0.1) is 13.8 Å². The molecule has 0 spiro atoms. The summed E-state index contributed by atoms with van der Waals surface area (Å²) in [5.74, 6) is 1.45. The first-order valence-corrected chi connectivity index (χ1v) is 11.6. The van der Waals surface area contributed by atoms with Crippen LogP contribution in [0.25, 0.3) is 22.9 Å². The van der Waals surface area contributed by atoms with E-state index in [4.69, 9.17) is 4.74 Å². The quantitative estimate of drug-likeness (QED) is 0.391. The zero-order valence-corrected chi connectivity index (χ0v) is 21.6. The fraction of sp³-hybridized carbons (Fsp3) is 0.440. The van der Waals surface area contributed by atoms with Crippen molar-refractivity contribution in [3.8, 4) is 17.1 Å². The van der Waals surface area contributed by atoms with Crippen molar-refractivity contribution in [1.82, 2.24) is 38.8 Å². The van der Waals surface area contributed by atoms with Crippen LogP contribution in [-0.2, 0) is 20.6 Å².